The number of nitrogens with one attached hydrogen (secondary N) is 3. The smallest absolute Gasteiger partial charge is 0.250 e. The molecule has 21 heavy (non-hydrogen) atoms. The number of benzene rings is 1. The molecule has 1 rings (SSSR count). The maximum atomic E-state index is 11.6. The van der Waals surface area contributed by atoms with E-state index in [-0.39, 0.29) is 25.6 Å². The van der Waals surface area contributed by atoms with Gasteiger partial charge in [0.25, 0.3) is 0 Å². The lowest BCUT2D eigenvalue weighted by molar-refractivity contribution is -0.123. The number of carbonyl (C=O) groups is 3. The van der Waals surface area contributed by atoms with Gasteiger partial charge in [0.1, 0.15) is 6.61 Å². The van der Waals surface area contributed by atoms with Crippen LogP contribution < -0.4 is 21.7 Å². The van der Waals surface area contributed by atoms with Crippen molar-refractivity contribution in [3.8, 4) is 0 Å². The van der Waals surface area contributed by atoms with Crippen LogP contribution in [0.4, 0.5) is 11.4 Å². The van der Waals surface area contributed by atoms with E-state index in [0.29, 0.717) is 11.4 Å². The van der Waals surface area contributed by atoms with Crippen molar-refractivity contribution in [1.82, 2.24) is 5.32 Å². The normalized spacial score (nSPS) is 9.81. The summed E-state index contributed by atoms with van der Waals surface area (Å²) >= 11 is 0. The van der Waals surface area contributed by atoms with E-state index >= 15 is 0 Å². The summed E-state index contributed by atoms with van der Waals surface area (Å²) in [5.41, 5.74) is 6.13. The van der Waals surface area contributed by atoms with Gasteiger partial charge < -0.3 is 26.4 Å². The summed E-state index contributed by atoms with van der Waals surface area (Å²) in [7, 11) is 1.42. The Labute approximate surface area is 122 Å². The van der Waals surface area contributed by atoms with Crippen LogP contribution in [0.3, 0.4) is 0 Å². The molecule has 0 aliphatic rings. The second kappa shape index (κ2) is 8.67. The molecule has 0 saturated heterocycles. The molecule has 0 spiro atoms. The van der Waals surface area contributed by atoms with Gasteiger partial charge in [-0.25, -0.2) is 0 Å². The molecule has 0 radical (unpaired) electrons. The molecule has 0 fully saturated rings. The van der Waals surface area contributed by atoms with Crippen molar-refractivity contribution in [3.05, 3.63) is 24.3 Å². The maximum Gasteiger partial charge on any atom is 0.250 e. The van der Waals surface area contributed by atoms with Crippen LogP contribution in [0.15, 0.2) is 24.3 Å². The number of carbonyl (C=O) groups excluding carboxylic acids is 3. The topological polar surface area (TPSA) is 123 Å². The number of nitrogens with two attached hydrogens (primary N) is 1. The Morgan fingerprint density at radius 1 is 1.10 bits per heavy atom. The Balaban J connectivity index is 2.54. The highest BCUT2D eigenvalue weighted by atomic mass is 16.5. The summed E-state index contributed by atoms with van der Waals surface area (Å²) in [6, 6.07) is 6.61. The van der Waals surface area contributed by atoms with Crippen molar-refractivity contribution < 1.29 is 19.1 Å². The predicted molar refractivity (Wildman–Crippen MR) is 77.6 cm³/mol. The first kappa shape index (κ1) is 16.6. The molecule has 0 atom stereocenters. The molecule has 8 nitrogen and oxygen atoms in total. The molecule has 0 heterocycles. The van der Waals surface area contributed by atoms with Crippen molar-refractivity contribution in [2.24, 2.45) is 5.73 Å². The van der Waals surface area contributed by atoms with Crippen LogP contribution in [-0.4, -0.2) is 44.5 Å². The molecule has 0 bridgehead atoms. The Kier molecular flexibility index (Phi) is 6.85. The molecular formula is C13H18N4O4. The summed E-state index contributed by atoms with van der Waals surface area (Å²) in [5.74, 6) is -1.10. The number of methoxy groups -OCH3 is 1. The number of anilines is 2. The fourth-order valence-electron chi connectivity index (χ4n) is 1.46. The Morgan fingerprint density at radius 2 is 1.71 bits per heavy atom. The van der Waals surface area contributed by atoms with Gasteiger partial charge in [-0.2, -0.15) is 0 Å². The monoisotopic (exact) mass is 294 g/mol. The zero-order valence-corrected chi connectivity index (χ0v) is 11.6. The summed E-state index contributed by atoms with van der Waals surface area (Å²) in [5, 5.41) is 7.56. The molecule has 1 aromatic rings. The van der Waals surface area contributed by atoms with Crippen molar-refractivity contribution in [1.29, 1.82) is 0 Å². The zero-order chi connectivity index (χ0) is 15.7. The van der Waals surface area contributed by atoms with E-state index < -0.39 is 11.8 Å². The second-order valence-corrected chi connectivity index (χ2v) is 4.09. The molecule has 8 heteroatoms. The van der Waals surface area contributed by atoms with Crippen molar-refractivity contribution in [2.45, 2.75) is 0 Å². The lowest BCUT2D eigenvalue weighted by atomic mass is 10.2. The first-order valence-electron chi connectivity index (χ1n) is 6.20. The summed E-state index contributed by atoms with van der Waals surface area (Å²) in [6.45, 7) is -0.397. The van der Waals surface area contributed by atoms with Gasteiger partial charge in [0, 0.05) is 18.5 Å². The number of amides is 3. The lowest BCUT2D eigenvalue weighted by Crippen LogP contribution is -2.36. The number of hydrogen-bond donors (Lipinski definition) is 4. The average molecular weight is 294 g/mol. The van der Waals surface area contributed by atoms with E-state index in [2.05, 4.69) is 16.0 Å². The summed E-state index contributed by atoms with van der Waals surface area (Å²) < 4.78 is 4.70. The van der Waals surface area contributed by atoms with Crippen LogP contribution in [-0.2, 0) is 19.1 Å². The molecule has 3 amide bonds. The Morgan fingerprint density at radius 3 is 2.29 bits per heavy atom. The summed E-state index contributed by atoms with van der Waals surface area (Å²) in [4.78, 5) is 33.9. The largest absolute Gasteiger partial charge is 0.375 e. The average Bonchev–Trinajstić information content (AvgIpc) is 2.45. The minimum Gasteiger partial charge on any atom is -0.375 e. The van der Waals surface area contributed by atoms with Crippen molar-refractivity contribution >= 4 is 29.1 Å². The first-order valence-corrected chi connectivity index (χ1v) is 6.20. The first-order chi connectivity index (χ1) is 10.0. The van der Waals surface area contributed by atoms with Crippen LogP contribution >= 0.6 is 0 Å². The standard InChI is InChI=1S/C13H18N4O4/c1-21-8-13(20)17-10-4-2-3-9(5-10)16-12(19)7-15-11(18)6-14/h2-5H,6-8,14H2,1H3,(H,15,18)(H,16,19)(H,17,20). The fraction of sp³-hybridized carbons (Fsp3) is 0.308. The number of hydrogen-bond acceptors (Lipinski definition) is 5. The van der Waals surface area contributed by atoms with Crippen LogP contribution in [0, 0.1) is 0 Å². The highest BCUT2D eigenvalue weighted by Crippen LogP contribution is 2.14. The number of rotatable bonds is 7. The van der Waals surface area contributed by atoms with Crippen LogP contribution in [0.2, 0.25) is 0 Å². The Hall–Kier alpha value is -2.45. The predicted octanol–water partition coefficient (Wildman–Crippen LogP) is -0.715. The van der Waals surface area contributed by atoms with E-state index in [1.807, 2.05) is 0 Å². The van der Waals surface area contributed by atoms with Gasteiger partial charge in [-0.1, -0.05) is 6.07 Å². The molecule has 0 aliphatic carbocycles. The zero-order valence-electron chi connectivity index (χ0n) is 11.6. The van der Waals surface area contributed by atoms with Gasteiger partial charge in [-0.15, -0.1) is 0 Å². The van der Waals surface area contributed by atoms with Gasteiger partial charge in [-0.3, -0.25) is 14.4 Å². The van der Waals surface area contributed by atoms with E-state index in [1.165, 1.54) is 7.11 Å². The number of ether oxygens (including phenoxy) is 1. The van der Waals surface area contributed by atoms with E-state index in [9.17, 15) is 14.4 Å². The minimum atomic E-state index is -0.411. The molecule has 0 aromatic heterocycles. The molecule has 5 N–H and O–H groups in total. The van der Waals surface area contributed by atoms with Gasteiger partial charge >= 0.3 is 0 Å². The molecule has 0 unspecified atom stereocenters. The lowest BCUT2D eigenvalue weighted by Gasteiger charge is -2.09. The SMILES string of the molecule is COCC(=O)Nc1cccc(NC(=O)CNC(=O)CN)c1. The third kappa shape index (κ3) is 6.50. The quantitative estimate of drug-likeness (QED) is 0.529. The molecular weight excluding hydrogens is 276 g/mol. The van der Waals surface area contributed by atoms with Gasteiger partial charge in [0.05, 0.1) is 13.1 Å². The third-order valence-electron chi connectivity index (χ3n) is 2.34. The van der Waals surface area contributed by atoms with Gasteiger partial charge in [0.2, 0.25) is 17.7 Å². The van der Waals surface area contributed by atoms with E-state index in [1.54, 1.807) is 24.3 Å². The molecule has 1 aromatic carbocycles. The van der Waals surface area contributed by atoms with Gasteiger partial charge in [-0.05, 0) is 18.2 Å². The maximum absolute atomic E-state index is 11.6. The van der Waals surface area contributed by atoms with Crippen LogP contribution in [0.1, 0.15) is 0 Å². The molecule has 114 valence electrons. The van der Waals surface area contributed by atoms with E-state index in [0.717, 1.165) is 0 Å². The fourth-order valence-corrected chi connectivity index (χ4v) is 1.46. The third-order valence-corrected chi connectivity index (χ3v) is 2.34. The minimum absolute atomic E-state index is 0.0539. The van der Waals surface area contributed by atoms with Gasteiger partial charge in [0.15, 0.2) is 0 Å². The molecule has 0 saturated carbocycles. The second-order valence-electron chi connectivity index (χ2n) is 4.09. The van der Waals surface area contributed by atoms with Crippen LogP contribution in [0.25, 0.3) is 0 Å². The van der Waals surface area contributed by atoms with Crippen molar-refractivity contribution in [3.63, 3.8) is 0 Å². The highest BCUT2D eigenvalue weighted by molar-refractivity contribution is 5.96. The van der Waals surface area contributed by atoms with Crippen molar-refractivity contribution in [2.75, 3.05) is 37.4 Å². The van der Waals surface area contributed by atoms with Crippen LogP contribution in [0.5, 0.6) is 0 Å². The van der Waals surface area contributed by atoms with E-state index in [4.69, 9.17) is 10.5 Å². The molecule has 0 aliphatic heterocycles. The Bertz CT molecular complexity index is 519. The highest BCUT2D eigenvalue weighted by Gasteiger charge is 2.06. The summed E-state index contributed by atoms with van der Waals surface area (Å²) in [6.07, 6.45) is 0.